The fourth-order valence-corrected chi connectivity index (χ4v) is 4.37. The fourth-order valence-electron chi connectivity index (χ4n) is 2.46. The predicted molar refractivity (Wildman–Crippen MR) is 97.7 cm³/mol. The van der Waals surface area contributed by atoms with E-state index < -0.39 is 15.6 Å². The number of benzene rings is 1. The Bertz CT molecular complexity index is 826. The number of likely N-dealkylation sites (N-methyl/N-ethyl adjacent to an activating group) is 1. The number of sulfonamides is 1. The monoisotopic (exact) mass is 412 g/mol. The maximum absolute atomic E-state index is 12.8. The number of hydrogen-bond donors (Lipinski definition) is 1. The van der Waals surface area contributed by atoms with Gasteiger partial charge in [0, 0.05) is 24.6 Å². The first-order valence-corrected chi connectivity index (χ1v) is 10.0. The van der Waals surface area contributed by atoms with E-state index in [9.17, 15) is 13.5 Å². The highest BCUT2D eigenvalue weighted by atomic mass is 79.9. The van der Waals surface area contributed by atoms with Crippen molar-refractivity contribution in [3.63, 3.8) is 0 Å². The molecule has 0 aliphatic rings. The lowest BCUT2D eigenvalue weighted by molar-refractivity contribution is 0.0434. The van der Waals surface area contributed by atoms with Crippen LogP contribution in [0.25, 0.3) is 0 Å². The molecule has 1 heterocycles. The van der Waals surface area contributed by atoms with E-state index in [1.807, 2.05) is 13.0 Å². The minimum Gasteiger partial charge on any atom is -0.381 e. The number of alkyl halides is 1. The average Bonchev–Trinajstić information content (AvgIpc) is 2.54. The Balaban J connectivity index is 2.36. The summed E-state index contributed by atoms with van der Waals surface area (Å²) in [6.45, 7) is 3.47. The second-order valence-corrected chi connectivity index (χ2v) is 8.43. The van der Waals surface area contributed by atoms with E-state index >= 15 is 0 Å². The van der Waals surface area contributed by atoms with Crippen LogP contribution in [-0.4, -0.2) is 41.7 Å². The van der Waals surface area contributed by atoms with Gasteiger partial charge in [0.15, 0.2) is 0 Å². The minimum atomic E-state index is -3.71. The fraction of sp³-hybridized carbons (Fsp3) is 0.353. The van der Waals surface area contributed by atoms with Gasteiger partial charge in [-0.15, -0.1) is 0 Å². The number of aromatic nitrogens is 1. The third-order valence-electron chi connectivity index (χ3n) is 3.85. The van der Waals surface area contributed by atoms with Gasteiger partial charge in [-0.1, -0.05) is 40.2 Å². The smallest absolute Gasteiger partial charge is 0.243 e. The van der Waals surface area contributed by atoms with Gasteiger partial charge in [0.2, 0.25) is 10.0 Å². The van der Waals surface area contributed by atoms with Gasteiger partial charge in [0.05, 0.1) is 10.6 Å². The Morgan fingerprint density at radius 2 is 1.83 bits per heavy atom. The Morgan fingerprint density at radius 3 is 2.42 bits per heavy atom. The van der Waals surface area contributed by atoms with E-state index in [0.29, 0.717) is 11.3 Å². The molecule has 0 amide bonds. The van der Waals surface area contributed by atoms with Crippen LogP contribution in [0.5, 0.6) is 0 Å². The van der Waals surface area contributed by atoms with Crippen LogP contribution >= 0.6 is 15.9 Å². The summed E-state index contributed by atoms with van der Waals surface area (Å²) >= 11 is 3.29. The molecule has 1 N–H and O–H groups in total. The third-order valence-corrected chi connectivity index (χ3v) is 6.74. The molecule has 0 radical (unpaired) electrons. The first kappa shape index (κ1) is 19.1. The number of halogens is 1. The van der Waals surface area contributed by atoms with Crippen molar-refractivity contribution in [1.29, 1.82) is 0 Å². The van der Waals surface area contributed by atoms with E-state index in [0.717, 1.165) is 5.69 Å². The first-order valence-electron chi connectivity index (χ1n) is 7.45. The van der Waals surface area contributed by atoms with Gasteiger partial charge in [0.25, 0.3) is 0 Å². The molecular weight excluding hydrogens is 392 g/mol. The zero-order chi connectivity index (χ0) is 18.0. The highest BCUT2D eigenvalue weighted by molar-refractivity contribution is 9.09. The second-order valence-electron chi connectivity index (χ2n) is 5.86. The van der Waals surface area contributed by atoms with Crippen LogP contribution < -0.4 is 0 Å². The van der Waals surface area contributed by atoms with Crippen LogP contribution in [0.15, 0.2) is 47.4 Å². The van der Waals surface area contributed by atoms with Crippen molar-refractivity contribution >= 4 is 26.0 Å². The molecule has 0 saturated carbocycles. The lowest BCUT2D eigenvalue weighted by atomic mass is 10.0. The highest BCUT2D eigenvalue weighted by Crippen LogP contribution is 2.26. The minimum absolute atomic E-state index is 0.106. The van der Waals surface area contributed by atoms with Crippen molar-refractivity contribution in [2.75, 3.05) is 18.9 Å². The molecule has 2 aromatic rings. The van der Waals surface area contributed by atoms with Gasteiger partial charge in [-0.25, -0.2) is 8.42 Å². The molecule has 24 heavy (non-hydrogen) atoms. The van der Waals surface area contributed by atoms with Crippen molar-refractivity contribution in [2.24, 2.45) is 0 Å². The topological polar surface area (TPSA) is 70.5 Å². The first-order chi connectivity index (χ1) is 11.2. The quantitative estimate of drug-likeness (QED) is 0.740. The van der Waals surface area contributed by atoms with Crippen LogP contribution in [0.2, 0.25) is 0 Å². The molecule has 1 aromatic heterocycles. The molecule has 0 bridgehead atoms. The molecular formula is C17H21BrN2O3S. The SMILES string of the molecule is Cc1cccc(C(O)(CBr)CN(C)S(=O)(=O)c2ccccc2C)n1. The Morgan fingerprint density at radius 1 is 1.17 bits per heavy atom. The summed E-state index contributed by atoms with van der Waals surface area (Å²) in [7, 11) is -2.24. The summed E-state index contributed by atoms with van der Waals surface area (Å²) < 4.78 is 26.8. The Kier molecular flexibility index (Phi) is 5.80. The average molecular weight is 413 g/mol. The van der Waals surface area contributed by atoms with Crippen LogP contribution in [0, 0.1) is 13.8 Å². The summed E-state index contributed by atoms with van der Waals surface area (Å²) in [6.07, 6.45) is 0. The van der Waals surface area contributed by atoms with Gasteiger partial charge < -0.3 is 5.11 Å². The summed E-state index contributed by atoms with van der Waals surface area (Å²) in [5, 5.41) is 11.1. The summed E-state index contributed by atoms with van der Waals surface area (Å²) in [5.74, 6) is 0. The zero-order valence-electron chi connectivity index (χ0n) is 13.9. The maximum atomic E-state index is 12.8. The van der Waals surface area contributed by atoms with Crippen molar-refractivity contribution < 1.29 is 13.5 Å². The van der Waals surface area contributed by atoms with Crippen molar-refractivity contribution in [2.45, 2.75) is 24.3 Å². The molecule has 1 unspecified atom stereocenters. The summed E-state index contributed by atoms with van der Waals surface area (Å²) in [5.41, 5.74) is 0.444. The van der Waals surface area contributed by atoms with Crippen molar-refractivity contribution in [3.8, 4) is 0 Å². The normalized spacial score (nSPS) is 14.6. The zero-order valence-corrected chi connectivity index (χ0v) is 16.3. The maximum Gasteiger partial charge on any atom is 0.243 e. The molecule has 1 atom stereocenters. The number of nitrogens with zero attached hydrogens (tertiary/aromatic N) is 2. The van der Waals surface area contributed by atoms with Crippen molar-refractivity contribution in [3.05, 3.63) is 59.4 Å². The van der Waals surface area contributed by atoms with Crippen LogP contribution in [-0.2, 0) is 15.6 Å². The second kappa shape index (κ2) is 7.31. The van der Waals surface area contributed by atoms with Gasteiger partial charge in [0.1, 0.15) is 5.60 Å². The van der Waals surface area contributed by atoms with Crippen LogP contribution in [0.1, 0.15) is 17.0 Å². The standard InChI is InChI=1S/C17H21BrN2O3S/c1-13-7-4-5-9-15(13)24(22,23)20(3)12-17(21,11-18)16-10-6-8-14(2)19-16/h4-10,21H,11-12H2,1-3H3. The van der Waals surface area contributed by atoms with Crippen LogP contribution in [0.4, 0.5) is 0 Å². The molecule has 0 spiro atoms. The molecule has 0 aliphatic carbocycles. The number of rotatable bonds is 6. The Hall–Kier alpha value is -1.28. The van der Waals surface area contributed by atoms with Gasteiger partial charge in [-0.3, -0.25) is 4.98 Å². The molecule has 2 rings (SSSR count). The van der Waals surface area contributed by atoms with E-state index in [-0.39, 0.29) is 16.8 Å². The predicted octanol–water partition coefficient (Wildman–Crippen LogP) is 2.60. The van der Waals surface area contributed by atoms with E-state index in [4.69, 9.17) is 0 Å². The molecule has 5 nitrogen and oxygen atoms in total. The Labute approximate surface area is 151 Å². The molecule has 0 aliphatic heterocycles. The van der Waals surface area contributed by atoms with E-state index in [2.05, 4.69) is 20.9 Å². The third kappa shape index (κ3) is 3.85. The summed E-state index contributed by atoms with van der Waals surface area (Å²) in [6, 6.07) is 12.1. The highest BCUT2D eigenvalue weighted by Gasteiger charge is 2.35. The molecule has 7 heteroatoms. The number of hydrogen-bond acceptors (Lipinski definition) is 4. The number of pyridine rings is 1. The van der Waals surface area contributed by atoms with Crippen LogP contribution in [0.3, 0.4) is 0 Å². The summed E-state index contributed by atoms with van der Waals surface area (Å²) in [4.78, 5) is 4.58. The lowest BCUT2D eigenvalue weighted by Gasteiger charge is -2.30. The number of aryl methyl sites for hydroxylation is 2. The van der Waals surface area contributed by atoms with Gasteiger partial charge in [-0.2, -0.15) is 4.31 Å². The lowest BCUT2D eigenvalue weighted by Crippen LogP contribution is -2.43. The molecule has 0 saturated heterocycles. The molecule has 1 aromatic carbocycles. The van der Waals surface area contributed by atoms with Gasteiger partial charge >= 0.3 is 0 Å². The van der Waals surface area contributed by atoms with E-state index in [1.165, 1.54) is 11.4 Å². The van der Waals surface area contributed by atoms with E-state index in [1.54, 1.807) is 43.3 Å². The van der Waals surface area contributed by atoms with Crippen molar-refractivity contribution in [1.82, 2.24) is 9.29 Å². The molecule has 130 valence electrons. The molecule has 0 fully saturated rings. The number of aliphatic hydroxyl groups is 1. The largest absolute Gasteiger partial charge is 0.381 e. The van der Waals surface area contributed by atoms with Gasteiger partial charge in [-0.05, 0) is 37.6 Å².